The van der Waals surface area contributed by atoms with E-state index in [2.05, 4.69) is 10.2 Å². The Bertz CT molecular complexity index is 1180. The van der Waals surface area contributed by atoms with Crippen molar-refractivity contribution in [3.63, 3.8) is 0 Å². The first kappa shape index (κ1) is 19.1. The minimum Gasteiger partial charge on any atom is -0.449 e. The maximum Gasteiger partial charge on any atom is 0.375 e. The minimum absolute atomic E-state index is 0.0157. The maximum absolute atomic E-state index is 12.4. The van der Waals surface area contributed by atoms with Gasteiger partial charge in [0.25, 0.3) is 11.6 Å². The van der Waals surface area contributed by atoms with E-state index in [4.69, 9.17) is 13.6 Å². The highest BCUT2D eigenvalue weighted by atomic mass is 16.6. The average Bonchev–Trinajstić information content (AvgIpc) is 3.45. The van der Waals surface area contributed by atoms with E-state index in [9.17, 15) is 14.9 Å². The summed E-state index contributed by atoms with van der Waals surface area (Å²) in [5, 5.41) is 18.7. The standard InChI is InChI=1S/C21H15N3O6/c1-13(19-22-23-20(30-19)15-5-3-2-4-6-15)28-21(25)18-12-11-17(29-18)14-7-9-16(10-8-14)24(26)27/h2-13H,1H3/t13-/m1/s1. The van der Waals surface area contributed by atoms with Crippen molar-refractivity contribution in [2.75, 3.05) is 0 Å². The normalized spacial score (nSPS) is 11.8. The summed E-state index contributed by atoms with van der Waals surface area (Å²) in [4.78, 5) is 22.7. The number of hydrogen-bond donors (Lipinski definition) is 0. The first-order valence-corrected chi connectivity index (χ1v) is 8.96. The molecule has 0 saturated carbocycles. The molecule has 9 nitrogen and oxygen atoms in total. The summed E-state index contributed by atoms with van der Waals surface area (Å²) in [6.07, 6.45) is -0.782. The summed E-state index contributed by atoms with van der Waals surface area (Å²) in [6, 6.07) is 18.1. The number of esters is 1. The predicted molar refractivity (Wildman–Crippen MR) is 104 cm³/mol. The number of rotatable bonds is 6. The molecule has 0 aliphatic heterocycles. The van der Waals surface area contributed by atoms with E-state index in [0.717, 1.165) is 5.56 Å². The Kier molecular flexibility index (Phi) is 5.08. The van der Waals surface area contributed by atoms with E-state index in [1.165, 1.54) is 30.3 Å². The molecule has 2 heterocycles. The number of nitro benzene ring substituents is 1. The molecule has 9 heteroatoms. The third-order valence-corrected chi connectivity index (χ3v) is 4.26. The van der Waals surface area contributed by atoms with Crippen molar-refractivity contribution < 1.29 is 23.3 Å². The molecule has 30 heavy (non-hydrogen) atoms. The lowest BCUT2D eigenvalue weighted by molar-refractivity contribution is -0.384. The van der Waals surface area contributed by atoms with Gasteiger partial charge in [-0.25, -0.2) is 4.79 Å². The zero-order chi connectivity index (χ0) is 21.1. The minimum atomic E-state index is -0.782. The molecule has 0 radical (unpaired) electrons. The van der Waals surface area contributed by atoms with Gasteiger partial charge in [0.15, 0.2) is 6.10 Å². The Hall–Kier alpha value is -4.27. The van der Waals surface area contributed by atoms with Crippen molar-refractivity contribution in [3.8, 4) is 22.8 Å². The van der Waals surface area contributed by atoms with Crippen molar-refractivity contribution in [1.82, 2.24) is 10.2 Å². The number of furan rings is 1. The number of carbonyl (C=O) groups is 1. The third-order valence-electron chi connectivity index (χ3n) is 4.26. The molecule has 1 atom stereocenters. The Labute approximate surface area is 170 Å². The number of ether oxygens (including phenoxy) is 1. The largest absolute Gasteiger partial charge is 0.449 e. The van der Waals surface area contributed by atoms with Crippen molar-refractivity contribution in [2.24, 2.45) is 0 Å². The van der Waals surface area contributed by atoms with Crippen LogP contribution in [0.1, 0.15) is 29.5 Å². The second kappa shape index (κ2) is 8.00. The summed E-state index contributed by atoms with van der Waals surface area (Å²) >= 11 is 0. The number of carbonyl (C=O) groups excluding carboxylic acids is 1. The molecule has 2 aromatic carbocycles. The van der Waals surface area contributed by atoms with Crippen molar-refractivity contribution >= 4 is 11.7 Å². The van der Waals surface area contributed by atoms with Crippen molar-refractivity contribution in [1.29, 1.82) is 0 Å². The van der Waals surface area contributed by atoms with Crippen molar-refractivity contribution in [3.05, 3.63) is 88.5 Å². The number of benzene rings is 2. The summed E-state index contributed by atoms with van der Waals surface area (Å²) in [7, 11) is 0. The predicted octanol–water partition coefficient (Wildman–Crippen LogP) is 4.82. The van der Waals surface area contributed by atoms with E-state index < -0.39 is 17.0 Å². The molecule has 4 aromatic rings. The molecule has 4 rings (SSSR count). The quantitative estimate of drug-likeness (QED) is 0.254. The second-order valence-electron chi connectivity index (χ2n) is 6.33. The van der Waals surface area contributed by atoms with Gasteiger partial charge in [0, 0.05) is 23.3 Å². The lowest BCUT2D eigenvalue weighted by Crippen LogP contribution is -2.08. The van der Waals surface area contributed by atoms with Crippen LogP contribution in [0.3, 0.4) is 0 Å². The molecule has 0 amide bonds. The summed E-state index contributed by atoms with van der Waals surface area (Å²) in [5.74, 6) is 0.151. The zero-order valence-electron chi connectivity index (χ0n) is 15.7. The smallest absolute Gasteiger partial charge is 0.375 e. The fourth-order valence-corrected chi connectivity index (χ4v) is 2.72. The molecule has 0 bridgehead atoms. The number of nitrogens with zero attached hydrogens (tertiary/aromatic N) is 3. The van der Waals surface area contributed by atoms with Crippen LogP contribution in [0.15, 0.2) is 75.6 Å². The molecule has 0 unspecified atom stereocenters. The number of aromatic nitrogens is 2. The highest BCUT2D eigenvalue weighted by Crippen LogP contribution is 2.27. The third kappa shape index (κ3) is 3.95. The number of nitro groups is 1. The molecule has 0 N–H and O–H groups in total. The van der Waals surface area contributed by atoms with Crippen LogP contribution in [-0.2, 0) is 4.74 Å². The first-order valence-electron chi connectivity index (χ1n) is 8.96. The van der Waals surface area contributed by atoms with Crippen LogP contribution >= 0.6 is 0 Å². The average molecular weight is 405 g/mol. The SMILES string of the molecule is C[C@@H](OC(=O)c1ccc(-c2ccc([N+](=O)[O-])cc2)o1)c1nnc(-c2ccccc2)o1. The van der Waals surface area contributed by atoms with Crippen LogP contribution in [0.4, 0.5) is 5.69 Å². The highest BCUT2D eigenvalue weighted by Gasteiger charge is 2.22. The first-order chi connectivity index (χ1) is 14.5. The second-order valence-corrected chi connectivity index (χ2v) is 6.33. The Morgan fingerprint density at radius 3 is 2.40 bits per heavy atom. The van der Waals surface area contributed by atoms with Crippen molar-refractivity contribution in [2.45, 2.75) is 13.0 Å². The molecule has 2 aromatic heterocycles. The highest BCUT2D eigenvalue weighted by molar-refractivity contribution is 5.87. The molecular weight excluding hydrogens is 390 g/mol. The van der Waals surface area contributed by atoms with E-state index >= 15 is 0 Å². The van der Waals surface area contributed by atoms with Gasteiger partial charge in [-0.15, -0.1) is 10.2 Å². The van der Waals surface area contributed by atoms with Gasteiger partial charge in [0.1, 0.15) is 5.76 Å². The van der Waals surface area contributed by atoms with Gasteiger partial charge in [-0.1, -0.05) is 18.2 Å². The van der Waals surface area contributed by atoms with E-state index in [0.29, 0.717) is 17.2 Å². The van der Waals surface area contributed by atoms with E-state index in [-0.39, 0.29) is 17.3 Å². The van der Waals surface area contributed by atoms with Crippen LogP contribution < -0.4 is 0 Å². The monoisotopic (exact) mass is 405 g/mol. The number of non-ortho nitro benzene ring substituents is 1. The lowest BCUT2D eigenvalue weighted by Gasteiger charge is -2.07. The molecule has 0 aliphatic rings. The van der Waals surface area contributed by atoms with Crippen LogP contribution in [0.5, 0.6) is 0 Å². The zero-order valence-corrected chi connectivity index (χ0v) is 15.7. The fraction of sp³-hybridized carbons (Fsp3) is 0.0952. The molecule has 0 aliphatic carbocycles. The van der Waals surface area contributed by atoms with Gasteiger partial charge in [-0.2, -0.15) is 0 Å². The summed E-state index contributed by atoms with van der Waals surface area (Å²) < 4.78 is 16.5. The van der Waals surface area contributed by atoms with Gasteiger partial charge in [0.05, 0.1) is 4.92 Å². The van der Waals surface area contributed by atoms with Gasteiger partial charge >= 0.3 is 5.97 Å². The molecule has 0 spiro atoms. The molecule has 150 valence electrons. The number of hydrogen-bond acceptors (Lipinski definition) is 8. The Balaban J connectivity index is 1.44. The van der Waals surface area contributed by atoms with Gasteiger partial charge in [-0.3, -0.25) is 10.1 Å². The van der Waals surface area contributed by atoms with E-state index in [1.54, 1.807) is 13.0 Å². The van der Waals surface area contributed by atoms with Crippen LogP contribution in [-0.4, -0.2) is 21.1 Å². The molecule has 0 fully saturated rings. The topological polar surface area (TPSA) is 122 Å². The summed E-state index contributed by atoms with van der Waals surface area (Å²) in [5.41, 5.74) is 1.32. The summed E-state index contributed by atoms with van der Waals surface area (Å²) in [6.45, 7) is 1.61. The molecular formula is C21H15N3O6. The molecule has 0 saturated heterocycles. The van der Waals surface area contributed by atoms with Crippen LogP contribution in [0.25, 0.3) is 22.8 Å². The lowest BCUT2D eigenvalue weighted by atomic mass is 10.1. The Morgan fingerprint density at radius 2 is 1.70 bits per heavy atom. The van der Waals surface area contributed by atoms with Crippen LogP contribution in [0, 0.1) is 10.1 Å². The maximum atomic E-state index is 12.4. The van der Waals surface area contributed by atoms with Gasteiger partial charge < -0.3 is 13.6 Å². The van der Waals surface area contributed by atoms with Crippen LogP contribution in [0.2, 0.25) is 0 Å². The Morgan fingerprint density at radius 1 is 0.967 bits per heavy atom. The van der Waals surface area contributed by atoms with E-state index in [1.807, 2.05) is 30.3 Å². The fourth-order valence-electron chi connectivity index (χ4n) is 2.72. The van der Waals surface area contributed by atoms with Gasteiger partial charge in [-0.05, 0) is 43.3 Å². The van der Waals surface area contributed by atoms with Gasteiger partial charge in [0.2, 0.25) is 11.7 Å².